The minimum atomic E-state index is 1.07. The Labute approximate surface area is 113 Å². The van der Waals surface area contributed by atoms with Gasteiger partial charge in [-0.3, -0.25) is 4.99 Å². The van der Waals surface area contributed by atoms with E-state index in [9.17, 15) is 0 Å². The Morgan fingerprint density at radius 1 is 0.889 bits per heavy atom. The van der Waals surface area contributed by atoms with Crippen LogP contribution in [-0.2, 0) is 0 Å². The molecule has 0 bridgehead atoms. The molecule has 0 aromatic heterocycles. The van der Waals surface area contributed by atoms with Gasteiger partial charge >= 0.3 is 0 Å². The highest BCUT2D eigenvalue weighted by Crippen LogP contribution is 2.27. The fourth-order valence-corrected chi connectivity index (χ4v) is 2.82. The van der Waals surface area contributed by atoms with Gasteiger partial charge in [0.25, 0.3) is 0 Å². The maximum atomic E-state index is 4.44. The molecule has 0 radical (unpaired) electrons. The summed E-state index contributed by atoms with van der Waals surface area (Å²) in [7, 11) is 1.85. The predicted octanol–water partition coefficient (Wildman–Crippen LogP) is 4.47. The van der Waals surface area contributed by atoms with Crippen molar-refractivity contribution in [3.8, 4) is 0 Å². The van der Waals surface area contributed by atoms with E-state index in [1.807, 2.05) is 7.05 Å². The molecule has 2 aromatic rings. The first-order valence-corrected chi connectivity index (χ1v) is 6.80. The molecule has 2 rings (SSSR count). The van der Waals surface area contributed by atoms with Gasteiger partial charge in [0, 0.05) is 17.5 Å². The van der Waals surface area contributed by atoms with Gasteiger partial charge in [-0.1, -0.05) is 54.2 Å². The molecular formula is C16H17NS. The van der Waals surface area contributed by atoms with Gasteiger partial charge < -0.3 is 0 Å². The van der Waals surface area contributed by atoms with Gasteiger partial charge in [0.2, 0.25) is 0 Å². The molecule has 0 unspecified atom stereocenters. The Bertz CT molecular complexity index is 573. The number of aliphatic imine (C=N–C) groups is 1. The molecule has 18 heavy (non-hydrogen) atoms. The van der Waals surface area contributed by atoms with Crippen LogP contribution in [-0.4, -0.2) is 12.1 Å². The molecule has 0 fully saturated rings. The lowest BCUT2D eigenvalue weighted by Gasteiger charge is -2.10. The van der Waals surface area contributed by atoms with E-state index in [1.54, 1.807) is 11.8 Å². The van der Waals surface area contributed by atoms with E-state index in [0.717, 1.165) is 5.04 Å². The number of rotatable bonds is 2. The molecule has 2 aromatic carbocycles. The number of hydrogen-bond donors (Lipinski definition) is 0. The second-order valence-electron chi connectivity index (χ2n) is 4.21. The van der Waals surface area contributed by atoms with E-state index in [4.69, 9.17) is 0 Å². The van der Waals surface area contributed by atoms with Crippen molar-refractivity contribution in [3.63, 3.8) is 0 Å². The van der Waals surface area contributed by atoms with E-state index in [2.05, 4.69) is 67.4 Å². The monoisotopic (exact) mass is 255 g/mol. The third-order valence-corrected chi connectivity index (χ3v) is 4.15. The third kappa shape index (κ3) is 2.82. The summed E-state index contributed by atoms with van der Waals surface area (Å²) in [5.74, 6) is 0. The summed E-state index contributed by atoms with van der Waals surface area (Å²) in [6, 6.07) is 16.8. The first-order chi connectivity index (χ1) is 8.72. The zero-order chi connectivity index (χ0) is 13.0. The van der Waals surface area contributed by atoms with Crippen LogP contribution < -0.4 is 0 Å². The lowest BCUT2D eigenvalue weighted by atomic mass is 10.1. The maximum Gasteiger partial charge on any atom is 0.102 e. The van der Waals surface area contributed by atoms with Crippen molar-refractivity contribution in [2.75, 3.05) is 7.05 Å². The molecule has 0 N–H and O–H groups in total. The highest BCUT2D eigenvalue weighted by molar-refractivity contribution is 8.14. The van der Waals surface area contributed by atoms with Gasteiger partial charge in [-0.2, -0.15) is 0 Å². The molecule has 0 spiro atoms. The van der Waals surface area contributed by atoms with Crippen LogP contribution in [0.4, 0.5) is 0 Å². The summed E-state index contributed by atoms with van der Waals surface area (Å²) in [5.41, 5.74) is 3.77. The first-order valence-electron chi connectivity index (χ1n) is 5.98. The van der Waals surface area contributed by atoms with Crippen molar-refractivity contribution >= 4 is 16.8 Å². The molecule has 0 aliphatic carbocycles. The van der Waals surface area contributed by atoms with Crippen molar-refractivity contribution in [1.29, 1.82) is 0 Å². The van der Waals surface area contributed by atoms with Crippen molar-refractivity contribution in [2.45, 2.75) is 18.7 Å². The molecule has 0 aliphatic heterocycles. The highest BCUT2D eigenvalue weighted by atomic mass is 32.2. The average molecular weight is 255 g/mol. The molecule has 2 heteroatoms. The third-order valence-electron chi connectivity index (χ3n) is 2.88. The van der Waals surface area contributed by atoms with E-state index in [0.29, 0.717) is 0 Å². The molecule has 0 aliphatic rings. The van der Waals surface area contributed by atoms with Crippen molar-refractivity contribution in [1.82, 2.24) is 0 Å². The minimum Gasteiger partial charge on any atom is -0.281 e. The minimum absolute atomic E-state index is 1.07. The molecule has 0 atom stereocenters. The summed E-state index contributed by atoms with van der Waals surface area (Å²) in [5, 5.41) is 1.07. The van der Waals surface area contributed by atoms with E-state index < -0.39 is 0 Å². The molecule has 0 heterocycles. The van der Waals surface area contributed by atoms with Gasteiger partial charge in [-0.15, -0.1) is 0 Å². The second-order valence-corrected chi connectivity index (χ2v) is 5.24. The van der Waals surface area contributed by atoms with Crippen LogP contribution in [0.15, 0.2) is 58.4 Å². The molecule has 0 saturated carbocycles. The normalized spacial score (nSPS) is 11.6. The summed E-state index contributed by atoms with van der Waals surface area (Å²) in [6.07, 6.45) is 0. The fourth-order valence-electron chi connectivity index (χ4n) is 1.81. The van der Waals surface area contributed by atoms with E-state index in [1.165, 1.54) is 21.6 Å². The Hall–Kier alpha value is -1.54. The zero-order valence-corrected chi connectivity index (χ0v) is 11.8. The molecular weight excluding hydrogens is 238 g/mol. The lowest BCUT2D eigenvalue weighted by molar-refractivity contribution is 1.31. The fraction of sp³-hybridized carbons (Fsp3) is 0.188. The van der Waals surface area contributed by atoms with Gasteiger partial charge in [0.05, 0.1) is 0 Å². The Morgan fingerprint density at radius 3 is 2.11 bits per heavy atom. The smallest absolute Gasteiger partial charge is 0.102 e. The van der Waals surface area contributed by atoms with Gasteiger partial charge in [0.15, 0.2) is 0 Å². The van der Waals surface area contributed by atoms with Crippen LogP contribution >= 0.6 is 11.8 Å². The summed E-state index contributed by atoms with van der Waals surface area (Å²) in [4.78, 5) is 5.70. The van der Waals surface area contributed by atoms with Crippen molar-refractivity contribution in [3.05, 3.63) is 65.2 Å². The van der Waals surface area contributed by atoms with Crippen LogP contribution in [0.3, 0.4) is 0 Å². The quantitative estimate of drug-likeness (QED) is 0.438. The zero-order valence-electron chi connectivity index (χ0n) is 11.0. The van der Waals surface area contributed by atoms with E-state index >= 15 is 0 Å². The summed E-state index contributed by atoms with van der Waals surface area (Å²) >= 11 is 1.73. The highest BCUT2D eigenvalue weighted by Gasteiger charge is 2.08. The van der Waals surface area contributed by atoms with Gasteiger partial charge in [0.1, 0.15) is 5.04 Å². The first kappa shape index (κ1) is 12.9. The van der Waals surface area contributed by atoms with Crippen molar-refractivity contribution in [2.24, 2.45) is 4.99 Å². The van der Waals surface area contributed by atoms with Gasteiger partial charge in [-0.25, -0.2) is 0 Å². The predicted molar refractivity (Wildman–Crippen MR) is 80.7 cm³/mol. The van der Waals surface area contributed by atoms with Crippen LogP contribution in [0.2, 0.25) is 0 Å². The molecule has 0 amide bonds. The number of nitrogens with zero attached hydrogens (tertiary/aromatic N) is 1. The van der Waals surface area contributed by atoms with Gasteiger partial charge in [-0.05, 0) is 31.0 Å². The Balaban J connectivity index is 2.33. The van der Waals surface area contributed by atoms with Crippen LogP contribution in [0.5, 0.6) is 0 Å². The lowest BCUT2D eigenvalue weighted by Crippen LogP contribution is -1.98. The SMILES string of the molecule is CN=C(Sc1ccccc1C)c1ccccc1C. The van der Waals surface area contributed by atoms with Crippen LogP contribution in [0.1, 0.15) is 16.7 Å². The molecule has 0 saturated heterocycles. The maximum absolute atomic E-state index is 4.44. The number of benzene rings is 2. The number of hydrogen-bond acceptors (Lipinski definition) is 2. The van der Waals surface area contributed by atoms with Crippen molar-refractivity contribution < 1.29 is 0 Å². The second kappa shape index (κ2) is 5.87. The van der Waals surface area contributed by atoms with E-state index in [-0.39, 0.29) is 0 Å². The topological polar surface area (TPSA) is 12.4 Å². The average Bonchev–Trinajstić information content (AvgIpc) is 2.39. The Morgan fingerprint density at radius 2 is 1.50 bits per heavy atom. The summed E-state index contributed by atoms with van der Waals surface area (Å²) < 4.78 is 0. The van der Waals surface area contributed by atoms with Crippen LogP contribution in [0.25, 0.3) is 0 Å². The standard InChI is InChI=1S/C16H17NS/c1-12-8-4-6-10-14(12)16(17-3)18-15-11-7-5-9-13(15)2/h4-11H,1-3H3. The largest absolute Gasteiger partial charge is 0.281 e. The van der Waals surface area contributed by atoms with Crippen LogP contribution in [0, 0.1) is 13.8 Å². The molecule has 92 valence electrons. The number of aryl methyl sites for hydroxylation is 2. The Kier molecular flexibility index (Phi) is 4.21. The molecule has 1 nitrogen and oxygen atoms in total. The summed E-state index contributed by atoms with van der Waals surface area (Å²) in [6.45, 7) is 4.26. The number of thioether (sulfide) groups is 1.